The molecule has 0 saturated heterocycles. The maximum Gasteiger partial charge on any atom is 0.256 e. The number of pyridine rings is 2. The second-order valence-electron chi connectivity index (χ2n) is 5.87. The largest absolute Gasteiger partial charge is 0.361 e. The fourth-order valence-electron chi connectivity index (χ4n) is 2.43. The van der Waals surface area contributed by atoms with Crippen LogP contribution in [0.25, 0.3) is 0 Å². The molecule has 0 aliphatic heterocycles. The van der Waals surface area contributed by atoms with Crippen molar-refractivity contribution in [1.29, 1.82) is 0 Å². The molecule has 0 radical (unpaired) electrons. The van der Waals surface area contributed by atoms with Gasteiger partial charge in [-0.15, -0.1) is 0 Å². The van der Waals surface area contributed by atoms with Crippen molar-refractivity contribution < 1.29 is 9.32 Å². The van der Waals surface area contributed by atoms with E-state index in [4.69, 9.17) is 4.52 Å². The van der Waals surface area contributed by atoms with Gasteiger partial charge in [-0.2, -0.15) is 0 Å². The molecule has 3 aromatic rings. The van der Waals surface area contributed by atoms with Crippen molar-refractivity contribution in [1.82, 2.24) is 20.0 Å². The van der Waals surface area contributed by atoms with Gasteiger partial charge in [0.15, 0.2) is 0 Å². The lowest BCUT2D eigenvalue weighted by atomic mass is 10.2. The molecule has 0 bridgehead atoms. The summed E-state index contributed by atoms with van der Waals surface area (Å²) in [5.41, 5.74) is 2.40. The molecule has 0 N–H and O–H groups in total. The normalized spacial score (nSPS) is 10.7. The smallest absolute Gasteiger partial charge is 0.256 e. The van der Waals surface area contributed by atoms with Gasteiger partial charge in [-0.25, -0.2) is 4.98 Å². The van der Waals surface area contributed by atoms with E-state index in [1.807, 2.05) is 37.3 Å². The topological polar surface area (TPSA) is 72.1 Å². The molecule has 26 heavy (non-hydrogen) atoms. The zero-order valence-electron chi connectivity index (χ0n) is 14.8. The SMILES string of the molecule is Cc1cc(CSc2ncccc2C(=O)N(C)CCc2ccccn2)no1. The van der Waals surface area contributed by atoms with Gasteiger partial charge in [0, 0.05) is 49.9 Å². The Morgan fingerprint density at radius 1 is 1.15 bits per heavy atom. The highest BCUT2D eigenvalue weighted by Gasteiger charge is 2.17. The lowest BCUT2D eigenvalue weighted by Gasteiger charge is -2.18. The molecular formula is C19H20N4O2S. The maximum absolute atomic E-state index is 12.8. The van der Waals surface area contributed by atoms with Crippen LogP contribution in [-0.4, -0.2) is 39.5 Å². The number of carbonyl (C=O) groups excluding carboxylic acids is 1. The molecule has 7 heteroatoms. The van der Waals surface area contributed by atoms with Crippen LogP contribution in [0.3, 0.4) is 0 Å². The predicted octanol–water partition coefficient (Wildman–Crippen LogP) is 3.38. The molecule has 1 amide bonds. The minimum atomic E-state index is -0.0483. The molecule has 0 aromatic carbocycles. The van der Waals surface area contributed by atoms with E-state index in [1.54, 1.807) is 30.4 Å². The number of aromatic nitrogens is 3. The molecule has 0 aliphatic carbocycles. The van der Waals surface area contributed by atoms with Crippen LogP contribution >= 0.6 is 11.8 Å². The first kappa shape index (κ1) is 18.1. The highest BCUT2D eigenvalue weighted by atomic mass is 32.2. The van der Waals surface area contributed by atoms with Gasteiger partial charge in [0.2, 0.25) is 0 Å². The highest BCUT2D eigenvalue weighted by molar-refractivity contribution is 7.98. The highest BCUT2D eigenvalue weighted by Crippen LogP contribution is 2.25. The second kappa shape index (κ2) is 8.62. The Morgan fingerprint density at radius 2 is 2.00 bits per heavy atom. The first-order valence-corrected chi connectivity index (χ1v) is 9.27. The van der Waals surface area contributed by atoms with Gasteiger partial charge in [-0.05, 0) is 31.2 Å². The number of thioether (sulfide) groups is 1. The van der Waals surface area contributed by atoms with Crippen LogP contribution in [0.5, 0.6) is 0 Å². The first-order valence-electron chi connectivity index (χ1n) is 8.29. The van der Waals surface area contributed by atoms with Gasteiger partial charge in [-0.1, -0.05) is 23.0 Å². The molecule has 3 rings (SSSR count). The van der Waals surface area contributed by atoms with Gasteiger partial charge in [0.25, 0.3) is 5.91 Å². The Labute approximate surface area is 156 Å². The van der Waals surface area contributed by atoms with E-state index < -0.39 is 0 Å². The lowest BCUT2D eigenvalue weighted by Crippen LogP contribution is -2.29. The summed E-state index contributed by atoms with van der Waals surface area (Å²) in [5, 5.41) is 4.67. The number of amides is 1. The fourth-order valence-corrected chi connectivity index (χ4v) is 3.30. The van der Waals surface area contributed by atoms with E-state index in [1.165, 1.54) is 11.8 Å². The molecule has 134 valence electrons. The number of likely N-dealkylation sites (N-methyl/N-ethyl adjacent to an activating group) is 1. The summed E-state index contributed by atoms with van der Waals surface area (Å²) in [6, 6.07) is 11.3. The summed E-state index contributed by atoms with van der Waals surface area (Å²) in [6.07, 6.45) is 4.17. The van der Waals surface area contributed by atoms with E-state index in [2.05, 4.69) is 15.1 Å². The van der Waals surface area contributed by atoms with Crippen molar-refractivity contribution in [2.75, 3.05) is 13.6 Å². The molecule has 0 saturated carbocycles. The Balaban J connectivity index is 1.64. The molecule has 0 unspecified atom stereocenters. The van der Waals surface area contributed by atoms with E-state index in [0.29, 0.717) is 29.3 Å². The third-order valence-corrected chi connectivity index (χ3v) is 4.85. The van der Waals surface area contributed by atoms with Gasteiger partial charge >= 0.3 is 0 Å². The molecule has 0 spiro atoms. The van der Waals surface area contributed by atoms with Crippen molar-refractivity contribution in [3.63, 3.8) is 0 Å². The zero-order valence-corrected chi connectivity index (χ0v) is 15.6. The Bertz CT molecular complexity index is 867. The van der Waals surface area contributed by atoms with E-state index in [9.17, 15) is 4.79 Å². The van der Waals surface area contributed by atoms with Crippen molar-refractivity contribution in [2.24, 2.45) is 0 Å². The minimum absolute atomic E-state index is 0.0483. The number of hydrogen-bond donors (Lipinski definition) is 0. The standard InChI is InChI=1S/C19H20N4O2S/c1-14-12-16(22-25-14)13-26-18-17(7-5-10-21-18)19(24)23(2)11-8-15-6-3-4-9-20-15/h3-7,9-10,12H,8,11,13H2,1-2H3. The quantitative estimate of drug-likeness (QED) is 0.595. The molecule has 0 aliphatic rings. The van der Waals surface area contributed by atoms with Crippen LogP contribution in [0.4, 0.5) is 0 Å². The summed E-state index contributed by atoms with van der Waals surface area (Å²) in [6.45, 7) is 2.45. The Hall–Kier alpha value is -2.67. The fraction of sp³-hybridized carbons (Fsp3) is 0.263. The van der Waals surface area contributed by atoms with Crippen molar-refractivity contribution in [2.45, 2.75) is 24.1 Å². The number of carbonyl (C=O) groups is 1. The van der Waals surface area contributed by atoms with E-state index >= 15 is 0 Å². The van der Waals surface area contributed by atoms with Crippen molar-refractivity contribution in [3.05, 3.63) is 71.5 Å². The summed E-state index contributed by atoms with van der Waals surface area (Å²) < 4.78 is 5.08. The summed E-state index contributed by atoms with van der Waals surface area (Å²) >= 11 is 1.48. The van der Waals surface area contributed by atoms with Crippen LogP contribution in [0.15, 0.2) is 58.3 Å². The van der Waals surface area contributed by atoms with Gasteiger partial charge in [0.05, 0.1) is 11.3 Å². The molecule has 6 nitrogen and oxygen atoms in total. The second-order valence-corrected chi connectivity index (χ2v) is 6.84. The van der Waals surface area contributed by atoms with E-state index in [0.717, 1.165) is 17.1 Å². The lowest BCUT2D eigenvalue weighted by molar-refractivity contribution is 0.0792. The van der Waals surface area contributed by atoms with Crippen molar-refractivity contribution >= 4 is 17.7 Å². The minimum Gasteiger partial charge on any atom is -0.361 e. The molecule has 0 atom stereocenters. The average Bonchev–Trinajstić information content (AvgIpc) is 3.10. The number of hydrogen-bond acceptors (Lipinski definition) is 6. The maximum atomic E-state index is 12.8. The monoisotopic (exact) mass is 368 g/mol. The van der Waals surface area contributed by atoms with Crippen LogP contribution < -0.4 is 0 Å². The summed E-state index contributed by atoms with van der Waals surface area (Å²) in [4.78, 5) is 23.2. The van der Waals surface area contributed by atoms with Gasteiger partial charge in [-0.3, -0.25) is 9.78 Å². The predicted molar refractivity (Wildman–Crippen MR) is 99.9 cm³/mol. The summed E-state index contributed by atoms with van der Waals surface area (Å²) in [7, 11) is 1.80. The average molecular weight is 368 g/mol. The van der Waals surface area contributed by atoms with Crippen LogP contribution in [-0.2, 0) is 12.2 Å². The molecule has 3 aromatic heterocycles. The third-order valence-electron chi connectivity index (χ3n) is 3.81. The van der Waals surface area contributed by atoms with Crippen LogP contribution in [0.1, 0.15) is 27.5 Å². The first-order chi connectivity index (χ1) is 12.6. The van der Waals surface area contributed by atoms with Gasteiger partial charge < -0.3 is 9.42 Å². The zero-order chi connectivity index (χ0) is 18.4. The van der Waals surface area contributed by atoms with Crippen molar-refractivity contribution in [3.8, 4) is 0 Å². The van der Waals surface area contributed by atoms with Crippen LogP contribution in [0.2, 0.25) is 0 Å². The summed E-state index contributed by atoms with van der Waals surface area (Å²) in [5.74, 6) is 1.33. The molecular weight excluding hydrogens is 348 g/mol. The third kappa shape index (κ3) is 4.70. The number of rotatable bonds is 7. The Kier molecular flexibility index (Phi) is 6.01. The van der Waals surface area contributed by atoms with E-state index in [-0.39, 0.29) is 5.91 Å². The van der Waals surface area contributed by atoms with Crippen LogP contribution in [0, 0.1) is 6.92 Å². The van der Waals surface area contributed by atoms with Gasteiger partial charge in [0.1, 0.15) is 10.8 Å². The number of nitrogens with zero attached hydrogens (tertiary/aromatic N) is 4. The molecule has 3 heterocycles. The number of aryl methyl sites for hydroxylation is 1. The molecule has 0 fully saturated rings. The Morgan fingerprint density at radius 3 is 2.73 bits per heavy atom.